The molecule has 1 atom stereocenters. The van der Waals surface area contributed by atoms with Crippen molar-refractivity contribution in [2.24, 2.45) is 0 Å². The van der Waals surface area contributed by atoms with Gasteiger partial charge in [0.15, 0.2) is 0 Å². The SMILES string of the molecule is FC(F)(F)CCNCCC1CCCN1. The van der Waals surface area contributed by atoms with E-state index in [1.54, 1.807) is 0 Å². The molecule has 0 aromatic heterocycles. The fourth-order valence-electron chi connectivity index (χ4n) is 1.63. The Bertz CT molecular complexity index is 153. The number of halogens is 3. The van der Waals surface area contributed by atoms with Crippen LogP contribution in [0.5, 0.6) is 0 Å². The van der Waals surface area contributed by atoms with Crippen LogP contribution < -0.4 is 10.6 Å². The number of hydrogen-bond donors (Lipinski definition) is 2. The maximum Gasteiger partial charge on any atom is 0.390 e. The molecule has 0 amide bonds. The van der Waals surface area contributed by atoms with Gasteiger partial charge in [-0.05, 0) is 32.4 Å². The number of hydrogen-bond acceptors (Lipinski definition) is 2. The van der Waals surface area contributed by atoms with Gasteiger partial charge in [-0.2, -0.15) is 13.2 Å². The average molecular weight is 210 g/mol. The van der Waals surface area contributed by atoms with E-state index >= 15 is 0 Å². The summed E-state index contributed by atoms with van der Waals surface area (Å²) < 4.78 is 35.2. The van der Waals surface area contributed by atoms with Gasteiger partial charge in [-0.3, -0.25) is 0 Å². The van der Waals surface area contributed by atoms with Crippen LogP contribution in [0.2, 0.25) is 0 Å². The summed E-state index contributed by atoms with van der Waals surface area (Å²) >= 11 is 0. The van der Waals surface area contributed by atoms with Crippen LogP contribution in [0.15, 0.2) is 0 Å². The van der Waals surface area contributed by atoms with Crippen LogP contribution in [0.25, 0.3) is 0 Å². The van der Waals surface area contributed by atoms with Gasteiger partial charge in [-0.1, -0.05) is 0 Å². The molecule has 0 radical (unpaired) electrons. The molecule has 0 aromatic rings. The molecule has 5 heteroatoms. The maximum absolute atomic E-state index is 11.7. The van der Waals surface area contributed by atoms with Crippen molar-refractivity contribution in [3.63, 3.8) is 0 Å². The van der Waals surface area contributed by atoms with Crippen molar-refractivity contribution >= 4 is 0 Å². The first-order chi connectivity index (χ1) is 6.58. The van der Waals surface area contributed by atoms with Crippen molar-refractivity contribution in [3.05, 3.63) is 0 Å². The highest BCUT2D eigenvalue weighted by molar-refractivity contribution is 4.74. The summed E-state index contributed by atoms with van der Waals surface area (Å²) in [5.41, 5.74) is 0. The third kappa shape index (κ3) is 5.44. The number of alkyl halides is 3. The first kappa shape index (κ1) is 11.8. The average Bonchev–Trinajstić information content (AvgIpc) is 2.54. The van der Waals surface area contributed by atoms with E-state index in [0.717, 1.165) is 19.4 Å². The minimum absolute atomic E-state index is 0.0379. The molecular weight excluding hydrogens is 193 g/mol. The van der Waals surface area contributed by atoms with E-state index in [1.807, 2.05) is 0 Å². The van der Waals surface area contributed by atoms with E-state index in [-0.39, 0.29) is 6.54 Å². The fraction of sp³-hybridized carbons (Fsp3) is 1.00. The molecule has 0 aromatic carbocycles. The van der Waals surface area contributed by atoms with Crippen LogP contribution in [0, 0.1) is 0 Å². The first-order valence-electron chi connectivity index (χ1n) is 5.09. The van der Waals surface area contributed by atoms with Gasteiger partial charge in [0.05, 0.1) is 6.42 Å². The monoisotopic (exact) mass is 210 g/mol. The predicted molar refractivity (Wildman–Crippen MR) is 49.2 cm³/mol. The van der Waals surface area contributed by atoms with E-state index in [4.69, 9.17) is 0 Å². The molecule has 1 aliphatic heterocycles. The molecule has 0 aliphatic carbocycles. The Morgan fingerprint density at radius 1 is 1.29 bits per heavy atom. The molecule has 1 unspecified atom stereocenters. The lowest BCUT2D eigenvalue weighted by molar-refractivity contribution is -0.133. The molecule has 14 heavy (non-hydrogen) atoms. The second-order valence-electron chi connectivity index (χ2n) is 3.70. The Morgan fingerprint density at radius 2 is 2.07 bits per heavy atom. The van der Waals surface area contributed by atoms with Crippen molar-refractivity contribution in [3.8, 4) is 0 Å². The van der Waals surface area contributed by atoms with Gasteiger partial charge < -0.3 is 10.6 Å². The Hall–Kier alpha value is -0.290. The topological polar surface area (TPSA) is 24.1 Å². The summed E-state index contributed by atoms with van der Waals surface area (Å²) in [5, 5.41) is 6.11. The summed E-state index contributed by atoms with van der Waals surface area (Å²) in [7, 11) is 0. The Kier molecular flexibility index (Phi) is 4.68. The summed E-state index contributed by atoms with van der Waals surface area (Å²) in [4.78, 5) is 0. The van der Waals surface area contributed by atoms with Crippen molar-refractivity contribution in [2.75, 3.05) is 19.6 Å². The van der Waals surface area contributed by atoms with Crippen LogP contribution in [-0.4, -0.2) is 31.9 Å². The Balaban J connectivity index is 1.89. The lowest BCUT2D eigenvalue weighted by Gasteiger charge is -2.11. The second kappa shape index (κ2) is 5.56. The van der Waals surface area contributed by atoms with Crippen LogP contribution >= 0.6 is 0 Å². The predicted octanol–water partition coefficient (Wildman–Crippen LogP) is 1.67. The minimum Gasteiger partial charge on any atom is -0.316 e. The molecule has 0 bridgehead atoms. The largest absolute Gasteiger partial charge is 0.390 e. The molecule has 0 spiro atoms. The molecule has 1 saturated heterocycles. The van der Waals surface area contributed by atoms with Crippen molar-refractivity contribution in [1.29, 1.82) is 0 Å². The number of rotatable bonds is 5. The molecular formula is C9H17F3N2. The van der Waals surface area contributed by atoms with E-state index in [2.05, 4.69) is 10.6 Å². The van der Waals surface area contributed by atoms with Gasteiger partial charge in [0.25, 0.3) is 0 Å². The zero-order valence-corrected chi connectivity index (χ0v) is 8.16. The van der Waals surface area contributed by atoms with E-state index < -0.39 is 12.6 Å². The van der Waals surface area contributed by atoms with Gasteiger partial charge >= 0.3 is 6.18 Å². The quantitative estimate of drug-likeness (QED) is 0.674. The van der Waals surface area contributed by atoms with Gasteiger partial charge in [0.2, 0.25) is 0 Å². The highest BCUT2D eigenvalue weighted by Crippen LogP contribution is 2.18. The number of nitrogens with one attached hydrogen (secondary N) is 2. The van der Waals surface area contributed by atoms with Crippen LogP contribution in [-0.2, 0) is 0 Å². The molecule has 0 saturated carbocycles. The van der Waals surface area contributed by atoms with Crippen LogP contribution in [0.4, 0.5) is 13.2 Å². The smallest absolute Gasteiger partial charge is 0.316 e. The third-order valence-electron chi connectivity index (χ3n) is 2.42. The molecule has 1 heterocycles. The third-order valence-corrected chi connectivity index (χ3v) is 2.42. The van der Waals surface area contributed by atoms with Crippen molar-refractivity contribution in [1.82, 2.24) is 10.6 Å². The Labute approximate surface area is 82.2 Å². The standard InChI is InChI=1S/C9H17F3N2/c10-9(11,12)4-7-13-6-3-8-2-1-5-14-8/h8,13-14H,1-7H2. The van der Waals surface area contributed by atoms with Crippen LogP contribution in [0.3, 0.4) is 0 Å². The molecule has 2 N–H and O–H groups in total. The highest BCUT2D eigenvalue weighted by atomic mass is 19.4. The van der Waals surface area contributed by atoms with E-state index in [1.165, 1.54) is 6.42 Å². The summed E-state index contributed by atoms with van der Waals surface area (Å²) in [6.07, 6.45) is -1.49. The zero-order chi connectivity index (χ0) is 10.4. The minimum atomic E-state index is -4.03. The molecule has 1 fully saturated rings. The highest BCUT2D eigenvalue weighted by Gasteiger charge is 2.25. The van der Waals surface area contributed by atoms with Gasteiger partial charge in [0.1, 0.15) is 0 Å². The normalized spacial score (nSPS) is 22.9. The summed E-state index contributed by atoms with van der Waals surface area (Å²) in [6.45, 7) is 1.76. The maximum atomic E-state index is 11.7. The summed E-state index contributed by atoms with van der Waals surface area (Å²) in [5.74, 6) is 0. The molecule has 84 valence electrons. The fourth-order valence-corrected chi connectivity index (χ4v) is 1.63. The van der Waals surface area contributed by atoms with Gasteiger partial charge in [-0.25, -0.2) is 0 Å². The van der Waals surface area contributed by atoms with Crippen LogP contribution in [0.1, 0.15) is 25.7 Å². The molecule has 2 nitrogen and oxygen atoms in total. The van der Waals surface area contributed by atoms with Crippen molar-refractivity contribution < 1.29 is 13.2 Å². The summed E-state index contributed by atoms with van der Waals surface area (Å²) in [6, 6.07) is 0.508. The van der Waals surface area contributed by atoms with E-state index in [0.29, 0.717) is 12.6 Å². The molecule has 1 rings (SSSR count). The lowest BCUT2D eigenvalue weighted by atomic mass is 10.1. The molecule has 1 aliphatic rings. The first-order valence-corrected chi connectivity index (χ1v) is 5.09. The van der Waals surface area contributed by atoms with Gasteiger partial charge in [0, 0.05) is 12.6 Å². The zero-order valence-electron chi connectivity index (χ0n) is 8.16. The Morgan fingerprint density at radius 3 is 2.64 bits per heavy atom. The van der Waals surface area contributed by atoms with Crippen molar-refractivity contribution in [2.45, 2.75) is 37.9 Å². The second-order valence-corrected chi connectivity index (χ2v) is 3.70. The van der Waals surface area contributed by atoms with Gasteiger partial charge in [-0.15, -0.1) is 0 Å². The van der Waals surface area contributed by atoms with E-state index in [9.17, 15) is 13.2 Å². The lowest BCUT2D eigenvalue weighted by Crippen LogP contribution is -2.29.